The van der Waals surface area contributed by atoms with Gasteiger partial charge >= 0.3 is 0 Å². The van der Waals surface area contributed by atoms with E-state index in [1.54, 1.807) is 43.3 Å². The third-order valence-corrected chi connectivity index (χ3v) is 7.28. The molecule has 0 unspecified atom stereocenters. The molecule has 0 radical (unpaired) electrons. The monoisotopic (exact) mass is 541 g/mol. The smallest absolute Gasteiger partial charge is 0.244 e. The average molecular weight is 543 g/mol. The highest BCUT2D eigenvalue weighted by atomic mass is 35.5. The molecule has 1 atom stereocenters. The summed E-state index contributed by atoms with van der Waals surface area (Å²) < 4.78 is 26.3. The second-order valence-corrected chi connectivity index (χ2v) is 11.6. The van der Waals surface area contributed by atoms with Crippen LogP contribution >= 0.6 is 23.2 Å². The molecule has 0 aliphatic carbocycles. The summed E-state index contributed by atoms with van der Waals surface area (Å²) in [6.07, 6.45) is 1.37. The van der Waals surface area contributed by atoms with Crippen LogP contribution < -0.4 is 9.62 Å². The summed E-state index contributed by atoms with van der Waals surface area (Å²) in [5.41, 5.74) is 1.71. The maximum atomic E-state index is 13.7. The lowest BCUT2D eigenvalue weighted by Crippen LogP contribution is -2.52. The molecular formula is C25H33Cl2N3O4S. The zero-order valence-corrected chi connectivity index (χ0v) is 23.0. The number of hydrogen-bond donors (Lipinski definition) is 1. The largest absolute Gasteiger partial charge is 0.354 e. The summed E-state index contributed by atoms with van der Waals surface area (Å²) in [6.45, 7) is 7.50. The molecular weight excluding hydrogens is 509 g/mol. The number of rotatable bonds is 11. The molecule has 0 saturated carbocycles. The van der Waals surface area contributed by atoms with Crippen LogP contribution in [-0.4, -0.2) is 50.5 Å². The fourth-order valence-corrected chi connectivity index (χ4v) is 4.95. The van der Waals surface area contributed by atoms with Gasteiger partial charge in [-0.3, -0.25) is 13.9 Å². The minimum Gasteiger partial charge on any atom is -0.354 e. The molecule has 0 bridgehead atoms. The first-order valence-corrected chi connectivity index (χ1v) is 14.0. The topological polar surface area (TPSA) is 86.8 Å². The number of carbonyl (C=O) groups excluding carboxylic acids is 2. The first-order chi connectivity index (χ1) is 16.3. The van der Waals surface area contributed by atoms with Gasteiger partial charge in [-0.15, -0.1) is 0 Å². The van der Waals surface area contributed by atoms with Crippen LogP contribution in [0.4, 0.5) is 5.69 Å². The second kappa shape index (κ2) is 12.6. The lowest BCUT2D eigenvalue weighted by Gasteiger charge is -2.33. The molecule has 0 aromatic heterocycles. The Labute approximate surface area is 218 Å². The maximum absolute atomic E-state index is 13.7. The van der Waals surface area contributed by atoms with E-state index in [-0.39, 0.29) is 18.4 Å². The second-order valence-electron chi connectivity index (χ2n) is 8.89. The summed E-state index contributed by atoms with van der Waals surface area (Å²) in [5, 5.41) is 3.58. The molecule has 2 aromatic carbocycles. The number of halogens is 2. The Hall–Kier alpha value is -2.29. The zero-order chi connectivity index (χ0) is 26.3. The van der Waals surface area contributed by atoms with Crippen LogP contribution in [0.2, 0.25) is 10.0 Å². The maximum Gasteiger partial charge on any atom is 0.244 e. The molecule has 2 amide bonds. The molecule has 35 heavy (non-hydrogen) atoms. The van der Waals surface area contributed by atoms with E-state index in [1.165, 1.54) is 4.90 Å². The summed E-state index contributed by atoms with van der Waals surface area (Å²) in [4.78, 5) is 28.1. The number of sulfonamides is 1. The van der Waals surface area contributed by atoms with Crippen LogP contribution in [0.3, 0.4) is 0 Å². The number of carbonyl (C=O) groups is 2. The first-order valence-electron chi connectivity index (χ1n) is 11.4. The van der Waals surface area contributed by atoms with Crippen molar-refractivity contribution in [1.82, 2.24) is 10.2 Å². The van der Waals surface area contributed by atoms with Gasteiger partial charge in [0.15, 0.2) is 0 Å². The normalized spacial score (nSPS) is 12.3. The molecule has 192 valence electrons. The molecule has 0 fully saturated rings. The lowest BCUT2D eigenvalue weighted by atomic mass is 10.1. The molecule has 0 aliphatic heterocycles. The van der Waals surface area contributed by atoms with Crippen molar-refractivity contribution in [2.24, 2.45) is 5.92 Å². The van der Waals surface area contributed by atoms with Crippen molar-refractivity contribution in [3.8, 4) is 0 Å². The highest BCUT2D eigenvalue weighted by molar-refractivity contribution is 7.92. The number of amides is 2. The molecule has 1 N–H and O–H groups in total. The molecule has 0 spiro atoms. The summed E-state index contributed by atoms with van der Waals surface area (Å²) in [5.74, 6) is -0.640. The highest BCUT2D eigenvalue weighted by Crippen LogP contribution is 2.27. The third-order valence-electron chi connectivity index (χ3n) is 5.43. The van der Waals surface area contributed by atoms with E-state index < -0.39 is 28.5 Å². The molecule has 0 saturated heterocycles. The van der Waals surface area contributed by atoms with E-state index >= 15 is 0 Å². The highest BCUT2D eigenvalue weighted by Gasteiger charge is 2.32. The van der Waals surface area contributed by atoms with E-state index in [0.717, 1.165) is 16.1 Å². The SMILES string of the molecule is CC[C@@H](C(=O)NCC(C)C)N(Cc1c(Cl)cccc1Cl)C(=O)CN(c1cccc(C)c1)S(C)(=O)=O. The van der Waals surface area contributed by atoms with Gasteiger partial charge in [0, 0.05) is 28.7 Å². The third kappa shape index (κ3) is 8.12. The van der Waals surface area contributed by atoms with Crippen LogP contribution in [0.1, 0.15) is 38.3 Å². The Bertz CT molecular complexity index is 1130. The Kier molecular flexibility index (Phi) is 10.4. The van der Waals surface area contributed by atoms with Gasteiger partial charge in [-0.25, -0.2) is 8.42 Å². The number of aryl methyl sites for hydroxylation is 1. The Morgan fingerprint density at radius 1 is 1.06 bits per heavy atom. The van der Waals surface area contributed by atoms with Crippen molar-refractivity contribution in [3.05, 3.63) is 63.6 Å². The van der Waals surface area contributed by atoms with E-state index in [4.69, 9.17) is 23.2 Å². The van der Waals surface area contributed by atoms with Crippen molar-refractivity contribution >= 4 is 50.7 Å². The van der Waals surface area contributed by atoms with Gasteiger partial charge < -0.3 is 10.2 Å². The molecule has 0 aliphatic rings. The predicted octanol–water partition coefficient (Wildman–Crippen LogP) is 4.65. The number of hydrogen-bond acceptors (Lipinski definition) is 4. The van der Waals surface area contributed by atoms with Gasteiger partial charge in [0.05, 0.1) is 11.9 Å². The van der Waals surface area contributed by atoms with E-state index in [0.29, 0.717) is 34.3 Å². The molecule has 10 heteroatoms. The van der Waals surface area contributed by atoms with Gasteiger partial charge in [-0.1, -0.05) is 62.2 Å². The Morgan fingerprint density at radius 2 is 1.66 bits per heavy atom. The van der Waals surface area contributed by atoms with Crippen molar-refractivity contribution < 1.29 is 18.0 Å². The summed E-state index contributed by atoms with van der Waals surface area (Å²) >= 11 is 12.7. The Morgan fingerprint density at radius 3 is 2.17 bits per heavy atom. The van der Waals surface area contributed by atoms with Crippen LogP contribution in [0.5, 0.6) is 0 Å². The summed E-state index contributed by atoms with van der Waals surface area (Å²) in [7, 11) is -3.79. The molecule has 2 rings (SSSR count). The number of anilines is 1. The number of benzene rings is 2. The van der Waals surface area contributed by atoms with E-state index in [2.05, 4.69) is 5.32 Å². The standard InChI is InChI=1S/C25H33Cl2N3O4S/c1-6-23(25(32)28-14-17(2)3)29(15-20-21(26)11-8-12-22(20)27)24(31)16-30(35(5,33)34)19-10-7-9-18(4)13-19/h7-13,17,23H,6,14-16H2,1-5H3,(H,28,32)/t23-/m0/s1. The van der Waals surface area contributed by atoms with Gasteiger partial charge in [-0.2, -0.15) is 0 Å². The molecule has 7 nitrogen and oxygen atoms in total. The van der Waals surface area contributed by atoms with Gasteiger partial charge in [-0.05, 0) is 49.1 Å². The van der Waals surface area contributed by atoms with Crippen molar-refractivity contribution in [2.75, 3.05) is 23.7 Å². The van der Waals surface area contributed by atoms with E-state index in [9.17, 15) is 18.0 Å². The predicted molar refractivity (Wildman–Crippen MR) is 142 cm³/mol. The van der Waals surface area contributed by atoms with Gasteiger partial charge in [0.2, 0.25) is 21.8 Å². The minimum absolute atomic E-state index is 0.0453. The summed E-state index contributed by atoms with van der Waals surface area (Å²) in [6, 6.07) is 11.0. The lowest BCUT2D eigenvalue weighted by molar-refractivity contribution is -0.140. The van der Waals surface area contributed by atoms with Gasteiger partial charge in [0.1, 0.15) is 12.6 Å². The zero-order valence-electron chi connectivity index (χ0n) is 20.7. The molecule has 0 heterocycles. The van der Waals surface area contributed by atoms with Crippen molar-refractivity contribution in [1.29, 1.82) is 0 Å². The van der Waals surface area contributed by atoms with Crippen LogP contribution in [0, 0.1) is 12.8 Å². The van der Waals surface area contributed by atoms with Crippen molar-refractivity contribution in [3.63, 3.8) is 0 Å². The quantitative estimate of drug-likeness (QED) is 0.448. The fraction of sp³-hybridized carbons (Fsp3) is 0.440. The number of nitrogens with one attached hydrogen (secondary N) is 1. The van der Waals surface area contributed by atoms with Crippen LogP contribution in [0.15, 0.2) is 42.5 Å². The van der Waals surface area contributed by atoms with Gasteiger partial charge in [0.25, 0.3) is 0 Å². The first kappa shape index (κ1) is 28.9. The molecule has 2 aromatic rings. The number of nitrogens with zero attached hydrogens (tertiary/aromatic N) is 2. The average Bonchev–Trinajstić information content (AvgIpc) is 2.76. The van der Waals surface area contributed by atoms with E-state index in [1.807, 2.05) is 26.8 Å². The fourth-order valence-electron chi connectivity index (χ4n) is 3.59. The van der Waals surface area contributed by atoms with Crippen molar-refractivity contribution in [2.45, 2.75) is 46.7 Å². The minimum atomic E-state index is -3.79. The van der Waals surface area contributed by atoms with Crippen LogP contribution in [-0.2, 0) is 26.2 Å². The Balaban J connectivity index is 2.48. The van der Waals surface area contributed by atoms with Crippen LogP contribution in [0.25, 0.3) is 0 Å².